The Kier molecular flexibility index (Phi) is 7.55. The van der Waals surface area contributed by atoms with E-state index in [-0.39, 0.29) is 18.1 Å². The third kappa shape index (κ3) is 7.02. The quantitative estimate of drug-likeness (QED) is 0.682. The summed E-state index contributed by atoms with van der Waals surface area (Å²) in [4.78, 5) is 12.0. The molecule has 0 unspecified atom stereocenters. The van der Waals surface area contributed by atoms with Gasteiger partial charge in [0, 0.05) is 17.8 Å². The number of anilines is 1. The van der Waals surface area contributed by atoms with Gasteiger partial charge in [0.2, 0.25) is 0 Å². The van der Waals surface area contributed by atoms with Crippen molar-refractivity contribution in [3.63, 3.8) is 0 Å². The Bertz CT molecular complexity index is 767. The van der Waals surface area contributed by atoms with Gasteiger partial charge in [0.15, 0.2) is 18.1 Å². The Hall–Kier alpha value is -2.89. The lowest BCUT2D eigenvalue weighted by molar-refractivity contribution is -0.124. The van der Waals surface area contributed by atoms with Crippen LogP contribution in [-0.2, 0) is 11.3 Å². The highest BCUT2D eigenvalue weighted by atomic mass is 16.5. The van der Waals surface area contributed by atoms with E-state index < -0.39 is 0 Å². The number of benzene rings is 2. The van der Waals surface area contributed by atoms with Gasteiger partial charge in [0.1, 0.15) is 5.75 Å². The summed E-state index contributed by atoms with van der Waals surface area (Å²) in [7, 11) is 1.65. The number of hydrogen-bond donors (Lipinski definition) is 2. The van der Waals surface area contributed by atoms with Crippen LogP contribution in [0.1, 0.15) is 33.3 Å². The first-order valence-corrected chi connectivity index (χ1v) is 9.38. The van der Waals surface area contributed by atoms with Crippen LogP contribution in [0.4, 0.5) is 5.69 Å². The molecule has 0 aliphatic heterocycles. The maximum atomic E-state index is 12.0. The van der Waals surface area contributed by atoms with Gasteiger partial charge in [-0.25, -0.2) is 0 Å². The van der Waals surface area contributed by atoms with Gasteiger partial charge in [-0.05, 0) is 69.7 Å². The minimum absolute atomic E-state index is 0.0548. The van der Waals surface area contributed by atoms with Crippen LogP contribution in [-0.4, -0.2) is 31.8 Å². The van der Waals surface area contributed by atoms with Crippen molar-refractivity contribution in [2.75, 3.05) is 25.6 Å². The Morgan fingerprint density at radius 1 is 1.00 bits per heavy atom. The molecule has 2 aromatic carbocycles. The van der Waals surface area contributed by atoms with Crippen molar-refractivity contribution in [3.8, 4) is 17.2 Å². The lowest BCUT2D eigenvalue weighted by atomic mass is 10.1. The maximum Gasteiger partial charge on any atom is 0.258 e. The molecule has 2 N–H and O–H groups in total. The van der Waals surface area contributed by atoms with Gasteiger partial charge in [-0.2, -0.15) is 0 Å². The molecule has 0 radical (unpaired) electrons. The van der Waals surface area contributed by atoms with Crippen molar-refractivity contribution in [1.82, 2.24) is 5.32 Å². The Labute approximate surface area is 167 Å². The van der Waals surface area contributed by atoms with E-state index in [1.165, 1.54) is 0 Å². The van der Waals surface area contributed by atoms with E-state index in [0.717, 1.165) is 17.0 Å². The van der Waals surface area contributed by atoms with E-state index in [2.05, 4.69) is 10.6 Å². The third-order valence-electron chi connectivity index (χ3n) is 3.77. The highest BCUT2D eigenvalue weighted by molar-refractivity contribution is 5.78. The van der Waals surface area contributed by atoms with E-state index >= 15 is 0 Å². The van der Waals surface area contributed by atoms with Crippen LogP contribution in [0.2, 0.25) is 0 Å². The molecule has 0 atom stereocenters. The van der Waals surface area contributed by atoms with E-state index in [1.54, 1.807) is 7.11 Å². The number of amides is 1. The lowest BCUT2D eigenvalue weighted by Crippen LogP contribution is -2.43. The molecule has 0 aromatic heterocycles. The van der Waals surface area contributed by atoms with Gasteiger partial charge < -0.3 is 24.8 Å². The van der Waals surface area contributed by atoms with Gasteiger partial charge in [0.05, 0.1) is 13.7 Å². The summed E-state index contributed by atoms with van der Waals surface area (Å²) in [5.41, 5.74) is 1.75. The van der Waals surface area contributed by atoms with Crippen molar-refractivity contribution in [2.45, 2.75) is 39.8 Å². The van der Waals surface area contributed by atoms with Crippen LogP contribution in [0.3, 0.4) is 0 Å². The fraction of sp³-hybridized carbons (Fsp3) is 0.409. The number of ether oxygens (including phenoxy) is 3. The van der Waals surface area contributed by atoms with Crippen LogP contribution >= 0.6 is 0 Å². The van der Waals surface area contributed by atoms with Crippen molar-refractivity contribution < 1.29 is 19.0 Å². The minimum atomic E-state index is -0.291. The fourth-order valence-corrected chi connectivity index (χ4v) is 2.56. The molecular formula is C22H30N2O4. The second kappa shape index (κ2) is 9.88. The minimum Gasteiger partial charge on any atom is -0.497 e. The molecule has 0 saturated heterocycles. The maximum absolute atomic E-state index is 12.0. The van der Waals surface area contributed by atoms with Crippen LogP contribution < -0.4 is 24.8 Å². The molecule has 0 spiro atoms. The van der Waals surface area contributed by atoms with Crippen LogP contribution in [0, 0.1) is 0 Å². The molecule has 6 nitrogen and oxygen atoms in total. The monoisotopic (exact) mass is 386 g/mol. The first kappa shape index (κ1) is 21.4. The van der Waals surface area contributed by atoms with Crippen LogP contribution in [0.5, 0.6) is 17.2 Å². The van der Waals surface area contributed by atoms with Crippen LogP contribution in [0.15, 0.2) is 42.5 Å². The molecule has 28 heavy (non-hydrogen) atoms. The number of carbonyl (C=O) groups is 1. The molecule has 6 heteroatoms. The molecule has 1 amide bonds. The van der Waals surface area contributed by atoms with Gasteiger partial charge in [-0.1, -0.05) is 6.07 Å². The normalized spacial score (nSPS) is 10.9. The third-order valence-corrected chi connectivity index (χ3v) is 3.77. The van der Waals surface area contributed by atoms with Gasteiger partial charge in [-0.3, -0.25) is 4.79 Å². The second-order valence-corrected chi connectivity index (χ2v) is 7.38. The molecule has 0 saturated carbocycles. The van der Waals surface area contributed by atoms with Crippen molar-refractivity contribution >= 4 is 11.6 Å². The number of rotatable bonds is 9. The van der Waals surface area contributed by atoms with E-state index in [0.29, 0.717) is 24.7 Å². The highest BCUT2D eigenvalue weighted by Gasteiger charge is 2.15. The lowest BCUT2D eigenvalue weighted by Gasteiger charge is -2.21. The Morgan fingerprint density at radius 2 is 1.71 bits per heavy atom. The largest absolute Gasteiger partial charge is 0.497 e. The summed E-state index contributed by atoms with van der Waals surface area (Å²) in [5, 5.41) is 6.24. The summed E-state index contributed by atoms with van der Waals surface area (Å²) in [6.07, 6.45) is 0. The first-order valence-electron chi connectivity index (χ1n) is 9.38. The molecular weight excluding hydrogens is 356 g/mol. The van der Waals surface area contributed by atoms with E-state index in [4.69, 9.17) is 14.2 Å². The van der Waals surface area contributed by atoms with E-state index in [9.17, 15) is 4.79 Å². The highest BCUT2D eigenvalue weighted by Crippen LogP contribution is 2.29. The van der Waals surface area contributed by atoms with E-state index in [1.807, 2.05) is 70.2 Å². The first-order chi connectivity index (χ1) is 13.3. The Balaban J connectivity index is 1.99. The molecule has 0 aliphatic carbocycles. The SMILES string of the molecule is CCOc1cc(CNc2ccc(OC)cc2)ccc1OCC(=O)NC(C)(C)C. The smallest absolute Gasteiger partial charge is 0.258 e. The van der Waals surface area contributed by atoms with Crippen LogP contribution in [0.25, 0.3) is 0 Å². The number of methoxy groups -OCH3 is 1. The zero-order valence-corrected chi connectivity index (χ0v) is 17.3. The standard InChI is InChI=1S/C22H30N2O4/c1-6-27-20-13-16(14-23-17-8-10-18(26-5)11-9-17)7-12-19(20)28-15-21(25)24-22(2,3)4/h7-13,23H,6,14-15H2,1-5H3,(H,24,25). The zero-order chi connectivity index (χ0) is 20.6. The molecule has 0 bridgehead atoms. The van der Waals surface area contributed by atoms with Crippen molar-refractivity contribution in [3.05, 3.63) is 48.0 Å². The molecule has 0 fully saturated rings. The molecule has 0 aliphatic rings. The zero-order valence-electron chi connectivity index (χ0n) is 17.3. The van der Waals surface area contributed by atoms with Gasteiger partial charge in [0.25, 0.3) is 5.91 Å². The number of nitrogens with one attached hydrogen (secondary N) is 2. The summed E-state index contributed by atoms with van der Waals surface area (Å²) in [5.74, 6) is 1.83. The molecule has 2 aromatic rings. The summed E-state index contributed by atoms with van der Waals surface area (Å²) >= 11 is 0. The molecule has 2 rings (SSSR count). The Morgan fingerprint density at radius 3 is 2.32 bits per heavy atom. The molecule has 0 heterocycles. The van der Waals surface area contributed by atoms with Gasteiger partial charge in [-0.15, -0.1) is 0 Å². The number of hydrogen-bond acceptors (Lipinski definition) is 5. The van der Waals surface area contributed by atoms with Crippen molar-refractivity contribution in [1.29, 1.82) is 0 Å². The average molecular weight is 386 g/mol. The fourth-order valence-electron chi connectivity index (χ4n) is 2.56. The second-order valence-electron chi connectivity index (χ2n) is 7.38. The molecule has 152 valence electrons. The summed E-state index contributed by atoms with van der Waals surface area (Å²) in [6, 6.07) is 13.5. The number of carbonyl (C=O) groups excluding carboxylic acids is 1. The van der Waals surface area contributed by atoms with Crippen molar-refractivity contribution in [2.24, 2.45) is 0 Å². The predicted molar refractivity (Wildman–Crippen MR) is 111 cm³/mol. The summed E-state index contributed by atoms with van der Waals surface area (Å²) < 4.78 is 16.5. The predicted octanol–water partition coefficient (Wildman–Crippen LogP) is 4.00. The van der Waals surface area contributed by atoms with Gasteiger partial charge >= 0.3 is 0 Å². The topological polar surface area (TPSA) is 68.8 Å². The average Bonchev–Trinajstić information content (AvgIpc) is 2.65. The summed E-state index contributed by atoms with van der Waals surface area (Å²) in [6.45, 7) is 8.81.